The number of thiophene rings is 1. The number of hydrogen-bond donors (Lipinski definition) is 3. The summed E-state index contributed by atoms with van der Waals surface area (Å²) in [7, 11) is 0. The lowest BCUT2D eigenvalue weighted by Crippen LogP contribution is -2.43. The fourth-order valence-corrected chi connectivity index (χ4v) is 4.19. The van der Waals surface area contributed by atoms with Crippen molar-refractivity contribution in [3.63, 3.8) is 0 Å². The number of aliphatic hydroxyl groups is 1. The molecule has 0 radical (unpaired) electrons. The third-order valence-corrected chi connectivity index (χ3v) is 5.80. The summed E-state index contributed by atoms with van der Waals surface area (Å²) in [6.45, 7) is 4.06. The third-order valence-electron chi connectivity index (χ3n) is 4.52. The van der Waals surface area contributed by atoms with Gasteiger partial charge in [-0.2, -0.15) is 0 Å². The average Bonchev–Trinajstić information content (AvgIpc) is 2.85. The first kappa shape index (κ1) is 17.1. The zero-order valence-corrected chi connectivity index (χ0v) is 14.8. The van der Waals surface area contributed by atoms with Gasteiger partial charge in [0.05, 0.1) is 10.5 Å². The zero-order valence-electron chi connectivity index (χ0n) is 14.0. The fourth-order valence-electron chi connectivity index (χ4n) is 3.09. The van der Waals surface area contributed by atoms with E-state index in [-0.39, 0.29) is 5.91 Å². The number of benzene rings is 1. The van der Waals surface area contributed by atoms with Crippen LogP contribution in [0.15, 0.2) is 36.4 Å². The standard InChI is InChI=1S/C19H24N2O2S/c1-14-12-16(24-17(14)15-6-3-2-4-7-15)18(22)21-13-19(23)8-5-10-20-11-9-19/h2-4,6-7,12,20,23H,5,8-11,13H2,1H3,(H,21,22)/t19-/m1/s1. The van der Waals surface area contributed by atoms with Crippen molar-refractivity contribution in [1.29, 1.82) is 0 Å². The minimum Gasteiger partial charge on any atom is -0.388 e. The molecule has 0 unspecified atom stereocenters. The van der Waals surface area contributed by atoms with Gasteiger partial charge in [0.1, 0.15) is 0 Å². The summed E-state index contributed by atoms with van der Waals surface area (Å²) >= 11 is 1.50. The molecule has 1 aromatic heterocycles. The second kappa shape index (κ2) is 7.47. The highest BCUT2D eigenvalue weighted by atomic mass is 32.1. The SMILES string of the molecule is Cc1cc(C(=O)NC[C@@]2(O)CCCNCC2)sc1-c1ccccc1. The van der Waals surface area contributed by atoms with Crippen molar-refractivity contribution in [2.24, 2.45) is 0 Å². The molecule has 1 aromatic carbocycles. The zero-order chi connectivity index (χ0) is 17.0. The minimum atomic E-state index is -0.798. The van der Waals surface area contributed by atoms with Gasteiger partial charge in [-0.25, -0.2) is 0 Å². The third kappa shape index (κ3) is 4.04. The van der Waals surface area contributed by atoms with Gasteiger partial charge >= 0.3 is 0 Å². The van der Waals surface area contributed by atoms with Crippen molar-refractivity contribution in [3.8, 4) is 10.4 Å². The number of carbonyl (C=O) groups is 1. The molecule has 1 saturated heterocycles. The Kier molecular flexibility index (Phi) is 5.33. The lowest BCUT2D eigenvalue weighted by molar-refractivity contribution is 0.0276. The normalized spacial score (nSPS) is 21.2. The lowest BCUT2D eigenvalue weighted by Gasteiger charge is -2.26. The second-order valence-corrected chi connectivity index (χ2v) is 7.55. The largest absolute Gasteiger partial charge is 0.388 e. The van der Waals surface area contributed by atoms with Crippen LogP contribution in [-0.2, 0) is 0 Å². The molecule has 0 aliphatic carbocycles. The highest BCUT2D eigenvalue weighted by Gasteiger charge is 2.28. The summed E-state index contributed by atoms with van der Waals surface area (Å²) in [4.78, 5) is 14.3. The summed E-state index contributed by atoms with van der Waals surface area (Å²) in [6.07, 6.45) is 2.33. The number of carbonyl (C=O) groups excluding carboxylic acids is 1. The summed E-state index contributed by atoms with van der Waals surface area (Å²) in [6, 6.07) is 12.0. The van der Waals surface area contributed by atoms with Crippen molar-refractivity contribution in [2.45, 2.75) is 31.8 Å². The molecule has 0 saturated carbocycles. The van der Waals surface area contributed by atoms with Crippen LogP contribution in [0.1, 0.15) is 34.5 Å². The van der Waals surface area contributed by atoms with Crippen LogP contribution in [-0.4, -0.2) is 36.2 Å². The van der Waals surface area contributed by atoms with Gasteiger partial charge in [0, 0.05) is 11.4 Å². The molecule has 4 nitrogen and oxygen atoms in total. The summed E-state index contributed by atoms with van der Waals surface area (Å²) < 4.78 is 0. The number of nitrogens with one attached hydrogen (secondary N) is 2. The Bertz CT molecular complexity index is 689. The predicted molar refractivity (Wildman–Crippen MR) is 98.5 cm³/mol. The van der Waals surface area contributed by atoms with E-state index in [0.29, 0.717) is 17.8 Å². The first-order valence-electron chi connectivity index (χ1n) is 8.45. The highest BCUT2D eigenvalue weighted by Crippen LogP contribution is 2.32. The van der Waals surface area contributed by atoms with Crippen LogP contribution >= 0.6 is 11.3 Å². The molecule has 0 bridgehead atoms. The summed E-state index contributed by atoms with van der Waals surface area (Å²) in [5, 5.41) is 16.8. The van der Waals surface area contributed by atoms with Gasteiger partial charge < -0.3 is 15.7 Å². The number of aryl methyl sites for hydroxylation is 1. The topological polar surface area (TPSA) is 61.4 Å². The van der Waals surface area contributed by atoms with Crippen molar-refractivity contribution >= 4 is 17.2 Å². The van der Waals surface area contributed by atoms with Crippen LogP contribution in [0.4, 0.5) is 0 Å². The quantitative estimate of drug-likeness (QED) is 0.799. The van der Waals surface area contributed by atoms with Crippen LogP contribution in [0.2, 0.25) is 0 Å². The number of hydrogen-bond acceptors (Lipinski definition) is 4. The fraction of sp³-hybridized carbons (Fsp3) is 0.421. The lowest BCUT2D eigenvalue weighted by atomic mass is 9.95. The summed E-state index contributed by atoms with van der Waals surface area (Å²) in [5.74, 6) is -0.101. The number of amides is 1. The Balaban J connectivity index is 1.67. The minimum absolute atomic E-state index is 0.101. The van der Waals surface area contributed by atoms with E-state index in [2.05, 4.69) is 22.8 Å². The molecule has 128 valence electrons. The van der Waals surface area contributed by atoms with E-state index in [4.69, 9.17) is 0 Å². The molecule has 1 aliphatic rings. The monoisotopic (exact) mass is 344 g/mol. The van der Waals surface area contributed by atoms with Gasteiger partial charge in [-0.3, -0.25) is 4.79 Å². The Morgan fingerprint density at radius 3 is 2.88 bits per heavy atom. The Hall–Kier alpha value is -1.69. The van der Waals surface area contributed by atoms with Gasteiger partial charge in [0.25, 0.3) is 5.91 Å². The van der Waals surface area contributed by atoms with Gasteiger partial charge in [0.2, 0.25) is 0 Å². The van der Waals surface area contributed by atoms with E-state index in [1.165, 1.54) is 11.3 Å². The molecule has 0 spiro atoms. The van der Waals surface area contributed by atoms with E-state index < -0.39 is 5.60 Å². The van der Waals surface area contributed by atoms with Crippen LogP contribution in [0, 0.1) is 6.92 Å². The van der Waals surface area contributed by atoms with E-state index in [0.717, 1.165) is 41.9 Å². The maximum Gasteiger partial charge on any atom is 0.261 e. The van der Waals surface area contributed by atoms with Gasteiger partial charge in [-0.1, -0.05) is 30.3 Å². The molecular weight excluding hydrogens is 320 g/mol. The van der Waals surface area contributed by atoms with Crippen molar-refractivity contribution in [3.05, 3.63) is 46.8 Å². The molecule has 3 rings (SSSR count). The Morgan fingerprint density at radius 1 is 1.29 bits per heavy atom. The second-order valence-electron chi connectivity index (χ2n) is 6.50. The molecule has 1 amide bonds. The Labute approximate surface area is 146 Å². The smallest absolute Gasteiger partial charge is 0.261 e. The van der Waals surface area contributed by atoms with Crippen LogP contribution in [0.25, 0.3) is 10.4 Å². The van der Waals surface area contributed by atoms with E-state index in [1.54, 1.807) is 0 Å². The van der Waals surface area contributed by atoms with Crippen molar-refractivity contribution < 1.29 is 9.90 Å². The molecule has 5 heteroatoms. The van der Waals surface area contributed by atoms with Crippen LogP contribution in [0.3, 0.4) is 0 Å². The van der Waals surface area contributed by atoms with Crippen molar-refractivity contribution in [1.82, 2.24) is 10.6 Å². The molecule has 3 N–H and O–H groups in total. The average molecular weight is 344 g/mol. The molecular formula is C19H24N2O2S. The van der Waals surface area contributed by atoms with E-state index >= 15 is 0 Å². The molecule has 1 atom stereocenters. The maximum absolute atomic E-state index is 12.5. The molecule has 1 aliphatic heterocycles. The molecule has 2 heterocycles. The van der Waals surface area contributed by atoms with E-state index in [9.17, 15) is 9.90 Å². The molecule has 2 aromatic rings. The first-order chi connectivity index (χ1) is 11.6. The van der Waals surface area contributed by atoms with Crippen LogP contribution in [0.5, 0.6) is 0 Å². The number of rotatable bonds is 4. The van der Waals surface area contributed by atoms with Gasteiger partial charge in [-0.05, 0) is 56.5 Å². The highest BCUT2D eigenvalue weighted by molar-refractivity contribution is 7.17. The molecule has 1 fully saturated rings. The van der Waals surface area contributed by atoms with Crippen LogP contribution < -0.4 is 10.6 Å². The maximum atomic E-state index is 12.5. The Morgan fingerprint density at radius 2 is 2.08 bits per heavy atom. The van der Waals surface area contributed by atoms with Crippen molar-refractivity contribution in [2.75, 3.05) is 19.6 Å². The first-order valence-corrected chi connectivity index (χ1v) is 9.26. The predicted octanol–water partition coefficient (Wildman–Crippen LogP) is 2.96. The summed E-state index contributed by atoms with van der Waals surface area (Å²) in [5.41, 5.74) is 1.44. The van der Waals surface area contributed by atoms with E-state index in [1.807, 2.05) is 31.2 Å². The van der Waals surface area contributed by atoms with Gasteiger partial charge in [0.15, 0.2) is 0 Å². The molecule has 24 heavy (non-hydrogen) atoms. The van der Waals surface area contributed by atoms with Gasteiger partial charge in [-0.15, -0.1) is 11.3 Å².